The highest BCUT2D eigenvalue weighted by atomic mass is 35.5. The van der Waals surface area contributed by atoms with E-state index in [-0.39, 0.29) is 5.82 Å². The predicted molar refractivity (Wildman–Crippen MR) is 64.3 cm³/mol. The van der Waals surface area contributed by atoms with Crippen molar-refractivity contribution < 1.29 is 9.50 Å². The second-order valence-corrected chi connectivity index (χ2v) is 4.15. The third-order valence-corrected chi connectivity index (χ3v) is 2.66. The average molecular weight is 252 g/mol. The fraction of sp³-hybridized carbons (Fsp3) is 0.154. The minimum atomic E-state index is -0.711. The highest BCUT2D eigenvalue weighted by molar-refractivity contribution is 6.29. The van der Waals surface area contributed by atoms with Crippen LogP contribution in [-0.4, -0.2) is 10.1 Å². The van der Waals surface area contributed by atoms with E-state index >= 15 is 0 Å². The molecule has 1 heterocycles. The Morgan fingerprint density at radius 1 is 1.29 bits per heavy atom. The normalized spacial score (nSPS) is 12.4. The first-order chi connectivity index (χ1) is 8.15. The number of aromatic nitrogens is 1. The minimum Gasteiger partial charge on any atom is -0.388 e. The molecule has 0 spiro atoms. The third kappa shape index (κ3) is 3.25. The molecule has 1 aromatic carbocycles. The molecule has 0 amide bonds. The molecule has 4 heteroatoms. The van der Waals surface area contributed by atoms with E-state index in [0.717, 1.165) is 5.56 Å². The van der Waals surface area contributed by atoms with Crippen molar-refractivity contribution >= 4 is 11.6 Å². The van der Waals surface area contributed by atoms with Crippen LogP contribution in [0.2, 0.25) is 5.15 Å². The van der Waals surface area contributed by atoms with Gasteiger partial charge in [-0.2, -0.15) is 0 Å². The first kappa shape index (κ1) is 12.0. The van der Waals surface area contributed by atoms with E-state index in [4.69, 9.17) is 11.6 Å². The number of aliphatic hydroxyl groups is 1. The Balaban J connectivity index is 2.14. The van der Waals surface area contributed by atoms with Gasteiger partial charge in [-0.15, -0.1) is 0 Å². The summed E-state index contributed by atoms with van der Waals surface area (Å²) < 4.78 is 13.0. The van der Waals surface area contributed by atoms with Crippen molar-refractivity contribution in [3.63, 3.8) is 0 Å². The van der Waals surface area contributed by atoms with Crippen LogP contribution in [0.15, 0.2) is 42.6 Å². The summed E-state index contributed by atoms with van der Waals surface area (Å²) in [5.74, 6) is -0.303. The zero-order valence-corrected chi connectivity index (χ0v) is 9.73. The van der Waals surface area contributed by atoms with Crippen molar-refractivity contribution in [2.45, 2.75) is 12.5 Å². The van der Waals surface area contributed by atoms with Crippen LogP contribution in [-0.2, 0) is 6.42 Å². The molecule has 2 aromatic rings. The summed E-state index contributed by atoms with van der Waals surface area (Å²) in [6.07, 6.45) is 1.17. The molecule has 88 valence electrons. The summed E-state index contributed by atoms with van der Waals surface area (Å²) >= 11 is 5.73. The summed E-state index contributed by atoms with van der Waals surface area (Å²) in [7, 11) is 0. The number of halogens is 2. The number of hydrogen-bond donors (Lipinski definition) is 1. The number of aliphatic hydroxyl groups excluding tert-OH is 1. The van der Waals surface area contributed by atoms with Crippen LogP contribution in [0.1, 0.15) is 17.2 Å². The standard InChI is InChI=1S/C13H11ClFNO/c14-13-8-10(4-5-16-13)12(17)7-9-2-1-3-11(15)6-9/h1-6,8,12,17H,7H2. The van der Waals surface area contributed by atoms with E-state index in [1.807, 2.05) is 0 Å². The van der Waals surface area contributed by atoms with Crippen LogP contribution in [0.5, 0.6) is 0 Å². The highest BCUT2D eigenvalue weighted by Crippen LogP contribution is 2.20. The molecule has 2 rings (SSSR count). The quantitative estimate of drug-likeness (QED) is 0.850. The van der Waals surface area contributed by atoms with Crippen LogP contribution in [0.4, 0.5) is 4.39 Å². The largest absolute Gasteiger partial charge is 0.388 e. The van der Waals surface area contributed by atoms with E-state index in [0.29, 0.717) is 17.1 Å². The second kappa shape index (κ2) is 5.25. The molecule has 0 saturated heterocycles. The maximum absolute atomic E-state index is 13.0. The number of pyridine rings is 1. The number of benzene rings is 1. The van der Waals surface area contributed by atoms with Crippen LogP contribution in [0, 0.1) is 5.82 Å². The number of hydrogen-bond acceptors (Lipinski definition) is 2. The molecule has 1 atom stereocenters. The summed E-state index contributed by atoms with van der Waals surface area (Å²) in [5, 5.41) is 10.3. The van der Waals surface area contributed by atoms with Gasteiger partial charge in [0.05, 0.1) is 6.10 Å². The smallest absolute Gasteiger partial charge is 0.129 e. The Labute approximate surface area is 104 Å². The zero-order chi connectivity index (χ0) is 12.3. The molecule has 17 heavy (non-hydrogen) atoms. The minimum absolute atomic E-state index is 0.303. The molecular weight excluding hydrogens is 241 g/mol. The summed E-state index contributed by atoms with van der Waals surface area (Å²) in [5.41, 5.74) is 1.42. The predicted octanol–water partition coefficient (Wildman–Crippen LogP) is 3.15. The van der Waals surface area contributed by atoms with E-state index in [1.165, 1.54) is 18.3 Å². The van der Waals surface area contributed by atoms with Crippen molar-refractivity contribution in [2.24, 2.45) is 0 Å². The van der Waals surface area contributed by atoms with Gasteiger partial charge in [-0.25, -0.2) is 9.37 Å². The molecular formula is C13H11ClFNO. The Morgan fingerprint density at radius 2 is 2.12 bits per heavy atom. The number of rotatable bonds is 3. The van der Waals surface area contributed by atoms with Gasteiger partial charge >= 0.3 is 0 Å². The lowest BCUT2D eigenvalue weighted by Gasteiger charge is -2.11. The first-order valence-corrected chi connectivity index (χ1v) is 5.57. The maximum atomic E-state index is 13.0. The SMILES string of the molecule is OC(Cc1cccc(F)c1)c1ccnc(Cl)c1. The second-order valence-electron chi connectivity index (χ2n) is 3.76. The van der Waals surface area contributed by atoms with Gasteiger partial charge in [0, 0.05) is 12.6 Å². The lowest BCUT2D eigenvalue weighted by Crippen LogP contribution is -2.02. The zero-order valence-electron chi connectivity index (χ0n) is 8.98. The maximum Gasteiger partial charge on any atom is 0.129 e. The van der Waals surface area contributed by atoms with Crippen molar-refractivity contribution in [3.05, 3.63) is 64.7 Å². The molecule has 0 aliphatic heterocycles. The Bertz CT molecular complexity index is 518. The molecule has 2 nitrogen and oxygen atoms in total. The molecule has 0 saturated carbocycles. The van der Waals surface area contributed by atoms with Crippen LogP contribution >= 0.6 is 11.6 Å². The van der Waals surface area contributed by atoms with E-state index in [2.05, 4.69) is 4.98 Å². The summed E-state index contributed by atoms with van der Waals surface area (Å²) in [6, 6.07) is 9.47. The van der Waals surface area contributed by atoms with Gasteiger partial charge in [-0.1, -0.05) is 23.7 Å². The average Bonchev–Trinajstić information content (AvgIpc) is 2.29. The Kier molecular flexibility index (Phi) is 3.71. The molecule has 0 aliphatic rings. The molecule has 1 N–H and O–H groups in total. The van der Waals surface area contributed by atoms with E-state index < -0.39 is 6.10 Å². The Hall–Kier alpha value is -1.45. The Morgan fingerprint density at radius 3 is 2.82 bits per heavy atom. The van der Waals surface area contributed by atoms with Gasteiger partial charge in [0.1, 0.15) is 11.0 Å². The molecule has 0 radical (unpaired) electrons. The van der Waals surface area contributed by atoms with Crippen molar-refractivity contribution in [3.8, 4) is 0 Å². The topological polar surface area (TPSA) is 33.1 Å². The van der Waals surface area contributed by atoms with Crippen LogP contribution in [0.3, 0.4) is 0 Å². The van der Waals surface area contributed by atoms with Gasteiger partial charge in [0.2, 0.25) is 0 Å². The summed E-state index contributed by atoms with van der Waals surface area (Å²) in [6.45, 7) is 0. The van der Waals surface area contributed by atoms with Gasteiger partial charge in [0.25, 0.3) is 0 Å². The molecule has 0 bridgehead atoms. The van der Waals surface area contributed by atoms with E-state index in [1.54, 1.807) is 24.3 Å². The van der Waals surface area contributed by atoms with E-state index in [9.17, 15) is 9.50 Å². The fourth-order valence-electron chi connectivity index (χ4n) is 1.63. The summed E-state index contributed by atoms with van der Waals surface area (Å²) in [4.78, 5) is 3.84. The molecule has 0 fully saturated rings. The molecule has 1 aromatic heterocycles. The highest BCUT2D eigenvalue weighted by Gasteiger charge is 2.09. The van der Waals surface area contributed by atoms with Crippen molar-refractivity contribution in [2.75, 3.05) is 0 Å². The van der Waals surface area contributed by atoms with Crippen LogP contribution < -0.4 is 0 Å². The lowest BCUT2D eigenvalue weighted by molar-refractivity contribution is 0.178. The van der Waals surface area contributed by atoms with Gasteiger partial charge in [0.15, 0.2) is 0 Å². The number of nitrogens with zero attached hydrogens (tertiary/aromatic N) is 1. The fourth-order valence-corrected chi connectivity index (χ4v) is 1.81. The monoisotopic (exact) mass is 251 g/mol. The van der Waals surface area contributed by atoms with Crippen molar-refractivity contribution in [1.82, 2.24) is 4.98 Å². The molecule has 0 aliphatic carbocycles. The lowest BCUT2D eigenvalue weighted by atomic mass is 10.0. The van der Waals surface area contributed by atoms with Gasteiger partial charge < -0.3 is 5.11 Å². The van der Waals surface area contributed by atoms with Crippen LogP contribution in [0.25, 0.3) is 0 Å². The molecule has 1 unspecified atom stereocenters. The first-order valence-electron chi connectivity index (χ1n) is 5.19. The third-order valence-electron chi connectivity index (χ3n) is 2.45. The van der Waals surface area contributed by atoms with Crippen molar-refractivity contribution in [1.29, 1.82) is 0 Å². The van der Waals surface area contributed by atoms with Gasteiger partial charge in [-0.3, -0.25) is 0 Å². The van der Waals surface area contributed by atoms with Gasteiger partial charge in [-0.05, 0) is 35.4 Å².